The van der Waals surface area contributed by atoms with Crippen LogP contribution in [0.4, 0.5) is 0 Å². The lowest BCUT2D eigenvalue weighted by Gasteiger charge is -2.06. The third-order valence-corrected chi connectivity index (χ3v) is 4.59. The van der Waals surface area contributed by atoms with Crippen molar-refractivity contribution >= 4 is 49.1 Å². The second-order valence-corrected chi connectivity index (χ2v) is 5.48. The van der Waals surface area contributed by atoms with Gasteiger partial charge in [-0.05, 0) is 23.8 Å². The summed E-state index contributed by atoms with van der Waals surface area (Å²) in [5, 5.41) is 12.6. The Kier molecular flexibility index (Phi) is 3.17. The molecule has 1 N–H and O–H groups in total. The number of hydrogen-bond donors (Lipinski definition) is 1. The number of aliphatic hydroxyl groups excluding tert-OH is 1. The van der Waals surface area contributed by atoms with Crippen molar-refractivity contribution in [1.29, 1.82) is 0 Å². The van der Waals surface area contributed by atoms with Gasteiger partial charge in [0, 0.05) is 25.0 Å². The number of rotatable bonds is 2. The molecule has 14 heavy (non-hydrogen) atoms. The van der Waals surface area contributed by atoms with Gasteiger partial charge in [-0.25, -0.2) is 0 Å². The second kappa shape index (κ2) is 4.23. The molecule has 1 nitrogen and oxygen atoms in total. The molecular formula is C10H9BrOS2. The first kappa shape index (κ1) is 10.5. The maximum atomic E-state index is 9.27. The molecule has 0 atom stereocenters. The second-order valence-electron chi connectivity index (χ2n) is 2.86. The van der Waals surface area contributed by atoms with Crippen molar-refractivity contribution in [3.05, 3.63) is 27.5 Å². The Morgan fingerprint density at radius 1 is 1.57 bits per heavy atom. The van der Waals surface area contributed by atoms with Gasteiger partial charge in [0.1, 0.15) is 0 Å². The molecule has 0 radical (unpaired) electrons. The molecule has 74 valence electrons. The molecule has 0 bridgehead atoms. The molecule has 1 aromatic carbocycles. The lowest BCUT2D eigenvalue weighted by atomic mass is 10.2. The number of halogens is 1. The van der Waals surface area contributed by atoms with Gasteiger partial charge in [-0.2, -0.15) is 0 Å². The molecule has 1 aromatic heterocycles. The van der Waals surface area contributed by atoms with Crippen LogP contribution in [0.25, 0.3) is 10.1 Å². The van der Waals surface area contributed by atoms with Gasteiger partial charge in [-0.15, -0.1) is 23.1 Å². The molecule has 1 heterocycles. The zero-order valence-corrected chi connectivity index (χ0v) is 10.8. The molecule has 0 aliphatic carbocycles. The van der Waals surface area contributed by atoms with E-state index < -0.39 is 0 Å². The summed E-state index contributed by atoms with van der Waals surface area (Å²) in [6.07, 6.45) is 2.07. The minimum absolute atomic E-state index is 0.0895. The van der Waals surface area contributed by atoms with Crippen LogP contribution in [0.15, 0.2) is 26.9 Å². The van der Waals surface area contributed by atoms with Crippen LogP contribution >= 0.6 is 39.0 Å². The van der Waals surface area contributed by atoms with Gasteiger partial charge >= 0.3 is 0 Å². The zero-order chi connectivity index (χ0) is 10.1. The topological polar surface area (TPSA) is 20.2 Å². The normalized spacial score (nSPS) is 11.1. The largest absolute Gasteiger partial charge is 0.392 e. The fraction of sp³-hybridized carbons (Fsp3) is 0.200. The molecular weight excluding hydrogens is 280 g/mol. The Bertz CT molecular complexity index is 464. The Hall–Kier alpha value is -0.0300. The van der Waals surface area contributed by atoms with Crippen LogP contribution in [-0.2, 0) is 6.61 Å². The third-order valence-electron chi connectivity index (χ3n) is 2.13. The summed E-state index contributed by atoms with van der Waals surface area (Å²) in [5.74, 6) is 0. The summed E-state index contributed by atoms with van der Waals surface area (Å²) in [6.45, 7) is 0.0895. The van der Waals surface area contributed by atoms with Crippen LogP contribution in [0, 0.1) is 0 Å². The fourth-order valence-electron chi connectivity index (χ4n) is 1.44. The highest BCUT2D eigenvalue weighted by Crippen LogP contribution is 2.37. The van der Waals surface area contributed by atoms with Crippen LogP contribution in [0.1, 0.15) is 5.56 Å². The van der Waals surface area contributed by atoms with Crippen molar-refractivity contribution in [1.82, 2.24) is 0 Å². The van der Waals surface area contributed by atoms with Crippen molar-refractivity contribution in [2.75, 3.05) is 6.26 Å². The Morgan fingerprint density at radius 3 is 3.00 bits per heavy atom. The van der Waals surface area contributed by atoms with E-state index in [0.717, 1.165) is 10.0 Å². The minimum Gasteiger partial charge on any atom is -0.392 e. The van der Waals surface area contributed by atoms with Crippen LogP contribution in [-0.4, -0.2) is 11.4 Å². The summed E-state index contributed by atoms with van der Waals surface area (Å²) in [4.78, 5) is 1.25. The standard InChI is InChI=1S/C10H9BrOS2/c1-13-9-4-8(11)7(5-12)10-6(9)2-3-14-10/h2-4,12H,5H2,1H3. The van der Waals surface area contributed by atoms with Crippen molar-refractivity contribution in [2.24, 2.45) is 0 Å². The maximum absolute atomic E-state index is 9.27. The van der Waals surface area contributed by atoms with Crippen LogP contribution in [0.2, 0.25) is 0 Å². The predicted octanol–water partition coefficient (Wildman–Crippen LogP) is 3.88. The van der Waals surface area contributed by atoms with Gasteiger partial charge in [0.25, 0.3) is 0 Å². The molecule has 0 fully saturated rings. The Labute approximate surface area is 99.3 Å². The highest BCUT2D eigenvalue weighted by Gasteiger charge is 2.10. The van der Waals surface area contributed by atoms with Crippen molar-refractivity contribution in [3.63, 3.8) is 0 Å². The SMILES string of the molecule is CSc1cc(Br)c(CO)c2sccc12. The van der Waals surface area contributed by atoms with E-state index in [1.807, 2.05) is 0 Å². The average Bonchev–Trinajstić information content (AvgIpc) is 2.65. The average molecular weight is 289 g/mol. The summed E-state index contributed by atoms with van der Waals surface area (Å²) in [5.41, 5.74) is 0.993. The van der Waals surface area contributed by atoms with E-state index in [1.165, 1.54) is 15.0 Å². The molecule has 0 unspecified atom stereocenters. The number of hydrogen-bond acceptors (Lipinski definition) is 3. The summed E-state index contributed by atoms with van der Waals surface area (Å²) >= 11 is 6.90. The number of benzene rings is 1. The number of aliphatic hydroxyl groups is 1. The van der Waals surface area contributed by atoms with E-state index in [9.17, 15) is 5.11 Å². The van der Waals surface area contributed by atoms with Crippen LogP contribution < -0.4 is 0 Å². The molecule has 0 spiro atoms. The Balaban J connectivity index is 2.81. The van der Waals surface area contributed by atoms with Crippen molar-refractivity contribution in [3.8, 4) is 0 Å². The summed E-state index contributed by atoms with van der Waals surface area (Å²) in [6, 6.07) is 4.18. The Morgan fingerprint density at radius 2 is 2.36 bits per heavy atom. The molecule has 0 aliphatic heterocycles. The summed E-state index contributed by atoms with van der Waals surface area (Å²) < 4.78 is 2.19. The van der Waals surface area contributed by atoms with E-state index >= 15 is 0 Å². The fourth-order valence-corrected chi connectivity index (χ4v) is 3.93. The minimum atomic E-state index is 0.0895. The molecule has 0 aliphatic rings. The van der Waals surface area contributed by atoms with Gasteiger partial charge in [0.15, 0.2) is 0 Å². The number of fused-ring (bicyclic) bond motifs is 1. The lowest BCUT2D eigenvalue weighted by Crippen LogP contribution is -1.86. The lowest BCUT2D eigenvalue weighted by molar-refractivity contribution is 0.283. The molecule has 4 heteroatoms. The van der Waals surface area contributed by atoms with Gasteiger partial charge < -0.3 is 5.11 Å². The molecule has 2 rings (SSSR count). The molecule has 0 saturated heterocycles. The van der Waals surface area contributed by atoms with Crippen LogP contribution in [0.5, 0.6) is 0 Å². The maximum Gasteiger partial charge on any atom is 0.0706 e. The van der Waals surface area contributed by atoms with E-state index in [1.54, 1.807) is 23.1 Å². The first-order chi connectivity index (χ1) is 6.77. The first-order valence-electron chi connectivity index (χ1n) is 4.11. The third kappa shape index (κ3) is 1.60. The van der Waals surface area contributed by atoms with E-state index in [2.05, 4.69) is 39.7 Å². The number of thiophene rings is 1. The first-order valence-corrected chi connectivity index (χ1v) is 7.01. The van der Waals surface area contributed by atoms with E-state index in [-0.39, 0.29) is 6.61 Å². The molecule has 0 saturated carbocycles. The summed E-state index contributed by atoms with van der Waals surface area (Å²) in [7, 11) is 0. The van der Waals surface area contributed by atoms with E-state index in [4.69, 9.17) is 0 Å². The van der Waals surface area contributed by atoms with E-state index in [0.29, 0.717) is 0 Å². The zero-order valence-electron chi connectivity index (χ0n) is 7.58. The van der Waals surface area contributed by atoms with Crippen molar-refractivity contribution in [2.45, 2.75) is 11.5 Å². The van der Waals surface area contributed by atoms with Gasteiger partial charge in [-0.1, -0.05) is 15.9 Å². The van der Waals surface area contributed by atoms with Crippen LogP contribution in [0.3, 0.4) is 0 Å². The quantitative estimate of drug-likeness (QED) is 0.847. The van der Waals surface area contributed by atoms with Gasteiger partial charge in [0.2, 0.25) is 0 Å². The molecule has 0 amide bonds. The smallest absolute Gasteiger partial charge is 0.0706 e. The monoisotopic (exact) mass is 288 g/mol. The molecule has 2 aromatic rings. The highest BCUT2D eigenvalue weighted by molar-refractivity contribution is 9.10. The van der Waals surface area contributed by atoms with Gasteiger partial charge in [-0.3, -0.25) is 0 Å². The predicted molar refractivity (Wildman–Crippen MR) is 67.2 cm³/mol. The van der Waals surface area contributed by atoms with Gasteiger partial charge in [0.05, 0.1) is 6.61 Å². The van der Waals surface area contributed by atoms with Crippen molar-refractivity contribution < 1.29 is 5.11 Å². The highest BCUT2D eigenvalue weighted by atomic mass is 79.9. The number of thioether (sulfide) groups is 1.